The van der Waals surface area contributed by atoms with E-state index in [0.29, 0.717) is 17.5 Å². The number of hydrogen-bond acceptors (Lipinski definition) is 2. The lowest BCUT2D eigenvalue weighted by Gasteiger charge is -2.62. The molecule has 7 rings (SSSR count). The highest BCUT2D eigenvalue weighted by molar-refractivity contribution is 7.19. The Morgan fingerprint density at radius 3 is 2.09 bits per heavy atom. The van der Waals surface area contributed by atoms with Crippen LogP contribution in [0, 0.1) is 29.1 Å². The van der Waals surface area contributed by atoms with Gasteiger partial charge in [0, 0.05) is 17.2 Å². The minimum Gasteiger partial charge on any atom is -0.313 e. The van der Waals surface area contributed by atoms with Crippen molar-refractivity contribution in [3.8, 4) is 0 Å². The van der Waals surface area contributed by atoms with Crippen molar-refractivity contribution in [2.24, 2.45) is 29.1 Å². The molecule has 6 fully saturated rings. The third kappa shape index (κ3) is 3.69. The van der Waals surface area contributed by atoms with Gasteiger partial charge in [-0.25, -0.2) is 0 Å². The van der Waals surface area contributed by atoms with Gasteiger partial charge in [-0.3, -0.25) is 0 Å². The Balaban J connectivity index is 1.52. The van der Waals surface area contributed by atoms with Crippen molar-refractivity contribution < 1.29 is 0 Å². The first-order valence-electron chi connectivity index (χ1n) is 14.2. The van der Waals surface area contributed by atoms with Gasteiger partial charge < -0.3 is 10.6 Å². The molecule has 7 unspecified atom stereocenters. The molecule has 0 amide bonds. The summed E-state index contributed by atoms with van der Waals surface area (Å²) in [5.41, 5.74) is 4.21. The van der Waals surface area contributed by atoms with Gasteiger partial charge in [-0.2, -0.15) is 0 Å². The van der Waals surface area contributed by atoms with E-state index in [4.69, 9.17) is 0 Å². The molecule has 7 atom stereocenters. The zero-order chi connectivity index (χ0) is 23.0. The second-order valence-electron chi connectivity index (χ2n) is 13.8. The Morgan fingerprint density at radius 2 is 1.61 bits per heavy atom. The molecule has 0 aromatic rings. The summed E-state index contributed by atoms with van der Waals surface area (Å²) in [7, 11) is 5.42. The zero-order valence-corrected chi connectivity index (χ0v) is 24.7. The van der Waals surface area contributed by atoms with Crippen molar-refractivity contribution >= 4 is 26.6 Å². The van der Waals surface area contributed by atoms with Gasteiger partial charge in [-0.15, -0.1) is 18.5 Å². The fourth-order valence-electron chi connectivity index (χ4n) is 9.74. The lowest BCUT2D eigenvalue weighted by molar-refractivity contribution is -0.0765. The zero-order valence-electron chi connectivity index (χ0n) is 21.4. The van der Waals surface area contributed by atoms with Crippen LogP contribution in [0.4, 0.5) is 0 Å². The summed E-state index contributed by atoms with van der Waals surface area (Å²) in [6.07, 6.45) is 18.4. The summed E-state index contributed by atoms with van der Waals surface area (Å²) in [6, 6.07) is 1.22. The normalized spacial score (nSPS) is 44.6. The van der Waals surface area contributed by atoms with E-state index in [1.165, 1.54) is 83.5 Å². The highest BCUT2D eigenvalue weighted by Crippen LogP contribution is 2.68. The fourth-order valence-corrected chi connectivity index (χ4v) is 12.7. The van der Waals surface area contributed by atoms with Crippen LogP contribution in [-0.2, 0) is 0 Å². The maximum atomic E-state index is 4.01. The third-order valence-electron chi connectivity index (χ3n) is 11.1. The molecule has 4 bridgehead atoms. The molecule has 0 aromatic carbocycles. The van der Waals surface area contributed by atoms with Crippen LogP contribution in [0.2, 0.25) is 19.6 Å². The fraction of sp³-hybridized carbons (Fsp3) is 0.857. The predicted octanol–water partition coefficient (Wildman–Crippen LogP) is 5.93. The smallest absolute Gasteiger partial charge is 0.0728 e. The summed E-state index contributed by atoms with van der Waals surface area (Å²) >= 11 is 0. The van der Waals surface area contributed by atoms with E-state index in [1.54, 1.807) is 0 Å². The van der Waals surface area contributed by atoms with Crippen LogP contribution in [-0.4, -0.2) is 44.6 Å². The Hall–Kier alpha value is 0.477. The van der Waals surface area contributed by atoms with E-state index in [0.717, 1.165) is 23.7 Å². The average molecular weight is 503 g/mol. The van der Waals surface area contributed by atoms with Crippen molar-refractivity contribution in [2.45, 2.75) is 101 Å². The van der Waals surface area contributed by atoms with Gasteiger partial charge in [-0.1, -0.05) is 30.9 Å². The topological polar surface area (TPSA) is 24.1 Å². The van der Waals surface area contributed by atoms with Crippen LogP contribution in [0.25, 0.3) is 0 Å². The van der Waals surface area contributed by atoms with Crippen molar-refractivity contribution in [3.63, 3.8) is 0 Å². The molecule has 2 saturated heterocycles. The summed E-state index contributed by atoms with van der Waals surface area (Å²) in [5.74, 6) is 3.88. The monoisotopic (exact) mass is 502 g/mol. The van der Waals surface area contributed by atoms with Gasteiger partial charge in [-0.05, 0) is 124 Å². The van der Waals surface area contributed by atoms with Crippen molar-refractivity contribution in [3.05, 3.63) is 22.4 Å². The highest BCUT2D eigenvalue weighted by Gasteiger charge is 2.60. The third-order valence-corrected chi connectivity index (χ3v) is 15.0. The molecule has 2 nitrogen and oxygen atoms in total. The van der Waals surface area contributed by atoms with E-state index < -0.39 is 8.07 Å². The molecule has 5 aliphatic carbocycles. The van der Waals surface area contributed by atoms with E-state index in [1.807, 2.05) is 16.3 Å². The van der Waals surface area contributed by atoms with Crippen LogP contribution in [0.1, 0.15) is 64.2 Å². The number of hydrogen-bond donors (Lipinski definition) is 2. The SMILES string of the molecule is C[Si](C)(C)C1=CC(C23CC4CC(CC(C4)C2CP)C3)=C(C(P)(C2CCCN2)C2CCCN2)C1. The Morgan fingerprint density at radius 1 is 1.00 bits per heavy atom. The molecule has 2 heterocycles. The molecular formula is C28H48N2P2Si. The predicted molar refractivity (Wildman–Crippen MR) is 152 cm³/mol. The molecule has 184 valence electrons. The lowest BCUT2D eigenvalue weighted by Crippen LogP contribution is -2.58. The van der Waals surface area contributed by atoms with Crippen molar-refractivity contribution in [1.82, 2.24) is 10.6 Å². The molecular weight excluding hydrogens is 454 g/mol. The maximum absolute atomic E-state index is 4.01. The second-order valence-corrected chi connectivity index (χ2v) is 20.4. The molecule has 0 radical (unpaired) electrons. The standard InChI is InChI=1S/C28H48N2P2Si/c1-33(2,3)21-13-22(27-15-18-10-19(16-27)12-20(11-18)24(27)17-31)23(14-21)28(32,25-6-4-8-29-25)26-7-5-9-30-26/h13,18-20,24-26,29-30H,4-12,14-17,31-32H2,1-3H3. The Kier molecular flexibility index (Phi) is 6.15. The van der Waals surface area contributed by atoms with Crippen LogP contribution in [0.5, 0.6) is 0 Å². The first-order chi connectivity index (χ1) is 15.8. The van der Waals surface area contributed by atoms with Crippen LogP contribution in [0.15, 0.2) is 22.4 Å². The maximum Gasteiger partial charge on any atom is 0.0728 e. The van der Waals surface area contributed by atoms with Gasteiger partial charge in [0.1, 0.15) is 0 Å². The van der Waals surface area contributed by atoms with E-state index >= 15 is 0 Å². The van der Waals surface area contributed by atoms with Gasteiger partial charge in [0.25, 0.3) is 0 Å². The molecule has 7 aliphatic rings. The Bertz CT molecular complexity index is 816. The van der Waals surface area contributed by atoms with Crippen LogP contribution < -0.4 is 10.6 Å². The minimum absolute atomic E-state index is 0.176. The summed E-state index contributed by atoms with van der Waals surface area (Å²) < 4.78 is 0. The molecule has 33 heavy (non-hydrogen) atoms. The quantitative estimate of drug-likeness (QED) is 0.348. The van der Waals surface area contributed by atoms with Crippen LogP contribution >= 0.6 is 18.5 Å². The molecule has 5 heteroatoms. The first-order valence-corrected chi connectivity index (χ1v) is 19.1. The molecule has 4 saturated carbocycles. The number of rotatable bonds is 6. The molecule has 2 aliphatic heterocycles. The van der Waals surface area contributed by atoms with Gasteiger partial charge in [0.05, 0.1) is 8.07 Å². The van der Waals surface area contributed by atoms with Gasteiger partial charge in [0.15, 0.2) is 0 Å². The van der Waals surface area contributed by atoms with Gasteiger partial charge in [0.2, 0.25) is 0 Å². The average Bonchev–Trinajstić information content (AvgIpc) is 3.54. The van der Waals surface area contributed by atoms with Crippen LogP contribution in [0.3, 0.4) is 0 Å². The molecule has 0 spiro atoms. The molecule has 2 N–H and O–H groups in total. The first kappa shape index (κ1) is 23.9. The van der Waals surface area contributed by atoms with E-state index in [2.05, 4.69) is 54.8 Å². The summed E-state index contributed by atoms with van der Waals surface area (Å²) in [6.45, 7) is 10.2. The second kappa shape index (κ2) is 8.51. The minimum atomic E-state index is -1.35. The number of nitrogens with one attached hydrogen (secondary N) is 2. The Labute approximate surface area is 208 Å². The summed E-state index contributed by atoms with van der Waals surface area (Å²) in [4.78, 5) is 0. The lowest BCUT2D eigenvalue weighted by atomic mass is 9.43. The molecule has 0 aromatic heterocycles. The van der Waals surface area contributed by atoms with E-state index in [-0.39, 0.29) is 5.16 Å². The largest absolute Gasteiger partial charge is 0.313 e. The van der Waals surface area contributed by atoms with Crippen molar-refractivity contribution in [2.75, 3.05) is 19.3 Å². The van der Waals surface area contributed by atoms with E-state index in [9.17, 15) is 0 Å². The highest BCUT2D eigenvalue weighted by atomic mass is 31.0. The summed E-state index contributed by atoms with van der Waals surface area (Å²) in [5, 5.41) is 10.0. The number of allylic oxidation sites excluding steroid dienone is 3. The van der Waals surface area contributed by atoms with Crippen molar-refractivity contribution in [1.29, 1.82) is 0 Å². The van der Waals surface area contributed by atoms with Gasteiger partial charge >= 0.3 is 0 Å².